The van der Waals surface area contributed by atoms with E-state index in [0.29, 0.717) is 6.42 Å². The number of hydrogen-bond donors (Lipinski definition) is 1. The van der Waals surface area contributed by atoms with Crippen LogP contribution in [0, 0.1) is 0 Å². The van der Waals surface area contributed by atoms with E-state index in [-0.39, 0.29) is 0 Å². The highest BCUT2D eigenvalue weighted by Gasteiger charge is 2.26. The lowest BCUT2D eigenvalue weighted by molar-refractivity contribution is -0.143. The van der Waals surface area contributed by atoms with Gasteiger partial charge >= 0.3 is 5.97 Å². The summed E-state index contributed by atoms with van der Waals surface area (Å²) < 4.78 is 0. The third kappa shape index (κ3) is 3.27. The molecule has 1 N–H and O–H groups in total. The number of hydrogen-bond acceptors (Lipinski definition) is 3. The fraction of sp³-hybridized carbons (Fsp3) is 0.538. The summed E-state index contributed by atoms with van der Waals surface area (Å²) in [4.78, 5) is 17.5. The van der Waals surface area contributed by atoms with E-state index in [1.165, 1.54) is 6.42 Å². The zero-order chi connectivity index (χ0) is 12.1. The van der Waals surface area contributed by atoms with Crippen molar-refractivity contribution >= 4 is 5.97 Å². The average molecular weight is 234 g/mol. The molecule has 0 aromatic carbocycles. The monoisotopic (exact) mass is 234 g/mol. The summed E-state index contributed by atoms with van der Waals surface area (Å²) in [6.07, 6.45) is 7.44. The van der Waals surface area contributed by atoms with E-state index >= 15 is 0 Å². The van der Waals surface area contributed by atoms with Crippen LogP contribution in [0.2, 0.25) is 0 Å². The molecule has 0 bridgehead atoms. The molecule has 17 heavy (non-hydrogen) atoms. The first-order valence-corrected chi connectivity index (χ1v) is 6.13. The van der Waals surface area contributed by atoms with Crippen molar-refractivity contribution < 1.29 is 9.90 Å². The zero-order valence-electron chi connectivity index (χ0n) is 9.88. The van der Waals surface area contributed by atoms with Crippen molar-refractivity contribution in [2.45, 2.75) is 31.7 Å². The van der Waals surface area contributed by atoms with Crippen LogP contribution in [0.4, 0.5) is 0 Å². The number of aliphatic carboxylic acids is 1. The highest BCUT2D eigenvalue weighted by atomic mass is 16.4. The lowest BCUT2D eigenvalue weighted by Gasteiger charge is -2.31. The van der Waals surface area contributed by atoms with Crippen molar-refractivity contribution in [3.05, 3.63) is 30.1 Å². The van der Waals surface area contributed by atoms with E-state index < -0.39 is 12.0 Å². The molecule has 4 nitrogen and oxygen atoms in total. The van der Waals surface area contributed by atoms with Crippen LogP contribution in [0.5, 0.6) is 0 Å². The van der Waals surface area contributed by atoms with Crippen molar-refractivity contribution in [3.63, 3.8) is 0 Å². The molecule has 0 spiro atoms. The molecule has 1 aromatic rings. The summed E-state index contributed by atoms with van der Waals surface area (Å²) in [5.74, 6) is -0.726. The van der Waals surface area contributed by atoms with Crippen LogP contribution < -0.4 is 0 Å². The first-order valence-electron chi connectivity index (χ1n) is 6.13. The van der Waals surface area contributed by atoms with Gasteiger partial charge in [0.25, 0.3) is 0 Å². The molecule has 1 aromatic heterocycles. The summed E-state index contributed by atoms with van der Waals surface area (Å²) in [5.41, 5.74) is 0.991. The van der Waals surface area contributed by atoms with Gasteiger partial charge in [-0.05, 0) is 37.6 Å². The summed E-state index contributed by atoms with van der Waals surface area (Å²) in [6, 6.07) is 3.39. The molecule has 92 valence electrons. The van der Waals surface area contributed by atoms with Crippen LogP contribution in [0.3, 0.4) is 0 Å². The van der Waals surface area contributed by atoms with Gasteiger partial charge in [-0.3, -0.25) is 14.7 Å². The van der Waals surface area contributed by atoms with Crippen molar-refractivity contribution in [1.82, 2.24) is 9.88 Å². The zero-order valence-corrected chi connectivity index (χ0v) is 9.88. The molecule has 2 heterocycles. The van der Waals surface area contributed by atoms with Gasteiger partial charge in [0, 0.05) is 18.8 Å². The lowest BCUT2D eigenvalue weighted by atomic mass is 10.0. The molecule has 1 unspecified atom stereocenters. The molecule has 0 amide bonds. The molecular formula is C13H18N2O2. The quantitative estimate of drug-likeness (QED) is 0.859. The standard InChI is InChI=1S/C13H18N2O2/c16-13(17)12(15-7-2-1-3-8-15)9-11-5-4-6-14-10-11/h4-6,10,12H,1-3,7-9H2,(H,16,17). The Bertz CT molecular complexity index is 361. The second-order valence-electron chi connectivity index (χ2n) is 4.52. The van der Waals surface area contributed by atoms with Crippen LogP contribution >= 0.6 is 0 Å². The Morgan fingerprint density at radius 1 is 1.41 bits per heavy atom. The van der Waals surface area contributed by atoms with E-state index in [9.17, 15) is 9.90 Å². The van der Waals surface area contributed by atoms with Gasteiger partial charge in [-0.2, -0.15) is 0 Å². The third-order valence-corrected chi connectivity index (χ3v) is 3.27. The van der Waals surface area contributed by atoms with E-state index in [0.717, 1.165) is 31.5 Å². The van der Waals surface area contributed by atoms with Crippen LogP contribution in [-0.2, 0) is 11.2 Å². The second kappa shape index (κ2) is 5.77. The Hall–Kier alpha value is -1.42. The molecule has 4 heteroatoms. The SMILES string of the molecule is O=C(O)C(Cc1cccnc1)N1CCCCC1. The van der Waals surface area contributed by atoms with Crippen LogP contribution in [0.1, 0.15) is 24.8 Å². The molecule has 1 aliphatic rings. The number of rotatable bonds is 4. The van der Waals surface area contributed by atoms with Gasteiger partial charge < -0.3 is 5.11 Å². The molecule has 0 radical (unpaired) electrons. The van der Waals surface area contributed by atoms with E-state index in [2.05, 4.69) is 9.88 Å². The minimum Gasteiger partial charge on any atom is -0.480 e. The number of carboxylic acids is 1. The smallest absolute Gasteiger partial charge is 0.321 e. The summed E-state index contributed by atoms with van der Waals surface area (Å²) in [6.45, 7) is 1.80. The van der Waals surface area contributed by atoms with Gasteiger partial charge in [0.15, 0.2) is 0 Å². The van der Waals surface area contributed by atoms with Crippen molar-refractivity contribution in [1.29, 1.82) is 0 Å². The lowest BCUT2D eigenvalue weighted by Crippen LogP contribution is -2.45. The number of piperidine rings is 1. The normalized spacial score (nSPS) is 18.8. The molecule has 2 rings (SSSR count). The Morgan fingerprint density at radius 3 is 2.76 bits per heavy atom. The number of pyridine rings is 1. The van der Waals surface area contributed by atoms with Crippen molar-refractivity contribution in [2.24, 2.45) is 0 Å². The predicted molar refractivity (Wildman–Crippen MR) is 64.8 cm³/mol. The van der Waals surface area contributed by atoms with Gasteiger partial charge in [-0.25, -0.2) is 0 Å². The molecule has 0 saturated carbocycles. The summed E-state index contributed by atoms with van der Waals surface area (Å²) in [5, 5.41) is 9.32. The Kier molecular flexibility index (Phi) is 4.09. The third-order valence-electron chi connectivity index (χ3n) is 3.27. The van der Waals surface area contributed by atoms with Crippen LogP contribution in [0.15, 0.2) is 24.5 Å². The fourth-order valence-corrected chi connectivity index (χ4v) is 2.34. The fourth-order valence-electron chi connectivity index (χ4n) is 2.34. The van der Waals surface area contributed by atoms with Gasteiger partial charge in [0.1, 0.15) is 6.04 Å². The number of nitrogens with zero attached hydrogens (tertiary/aromatic N) is 2. The Balaban J connectivity index is 2.04. The van der Waals surface area contributed by atoms with Crippen molar-refractivity contribution in [3.8, 4) is 0 Å². The van der Waals surface area contributed by atoms with Crippen LogP contribution in [-0.4, -0.2) is 40.1 Å². The number of carbonyl (C=O) groups is 1. The Labute approximate surface area is 101 Å². The maximum atomic E-state index is 11.3. The molecule has 1 saturated heterocycles. The number of carboxylic acid groups (broad SMARTS) is 1. The highest BCUT2D eigenvalue weighted by Crippen LogP contribution is 2.15. The molecular weight excluding hydrogens is 216 g/mol. The second-order valence-corrected chi connectivity index (χ2v) is 4.52. The number of likely N-dealkylation sites (tertiary alicyclic amines) is 1. The van der Waals surface area contributed by atoms with Gasteiger partial charge in [0.2, 0.25) is 0 Å². The van der Waals surface area contributed by atoms with Gasteiger partial charge in [-0.1, -0.05) is 12.5 Å². The van der Waals surface area contributed by atoms with Crippen LogP contribution in [0.25, 0.3) is 0 Å². The molecule has 1 atom stereocenters. The number of aromatic nitrogens is 1. The van der Waals surface area contributed by atoms with Gasteiger partial charge in [-0.15, -0.1) is 0 Å². The largest absolute Gasteiger partial charge is 0.480 e. The maximum absolute atomic E-state index is 11.3. The highest BCUT2D eigenvalue weighted by molar-refractivity contribution is 5.74. The first kappa shape index (κ1) is 12.0. The topological polar surface area (TPSA) is 53.4 Å². The summed E-state index contributed by atoms with van der Waals surface area (Å²) in [7, 11) is 0. The minimum atomic E-state index is -0.726. The first-order chi connectivity index (χ1) is 8.27. The summed E-state index contributed by atoms with van der Waals surface area (Å²) >= 11 is 0. The minimum absolute atomic E-state index is 0.403. The predicted octanol–water partition coefficient (Wildman–Crippen LogP) is 1.56. The average Bonchev–Trinajstić information content (AvgIpc) is 2.38. The molecule has 1 fully saturated rings. The molecule has 0 aliphatic carbocycles. The Morgan fingerprint density at radius 2 is 2.18 bits per heavy atom. The van der Waals surface area contributed by atoms with E-state index in [1.54, 1.807) is 12.4 Å². The van der Waals surface area contributed by atoms with E-state index in [4.69, 9.17) is 0 Å². The van der Waals surface area contributed by atoms with Crippen molar-refractivity contribution in [2.75, 3.05) is 13.1 Å². The van der Waals surface area contributed by atoms with Gasteiger partial charge in [0.05, 0.1) is 0 Å². The maximum Gasteiger partial charge on any atom is 0.321 e. The van der Waals surface area contributed by atoms with E-state index in [1.807, 2.05) is 12.1 Å². The molecule has 1 aliphatic heterocycles.